The Morgan fingerprint density at radius 1 is 0.931 bits per heavy atom. The highest BCUT2D eigenvalue weighted by Gasteiger charge is 2.37. The molecule has 0 unspecified atom stereocenters. The summed E-state index contributed by atoms with van der Waals surface area (Å²) in [5.74, 6) is -0.966. The molecule has 4 N–H and O–H groups in total. The van der Waals surface area contributed by atoms with Crippen LogP contribution >= 0.6 is 12.4 Å². The first-order valence-corrected chi connectivity index (χ1v) is 8.86. The highest BCUT2D eigenvalue weighted by molar-refractivity contribution is 6.05. The van der Waals surface area contributed by atoms with Crippen LogP contribution in [0.2, 0.25) is 0 Å². The number of amides is 2. The van der Waals surface area contributed by atoms with Crippen LogP contribution in [0.15, 0.2) is 48.5 Å². The van der Waals surface area contributed by atoms with E-state index in [0.717, 1.165) is 25.0 Å². The van der Waals surface area contributed by atoms with E-state index in [1.807, 2.05) is 0 Å². The second-order valence-electron chi connectivity index (χ2n) is 6.93. The molecule has 156 valence electrons. The van der Waals surface area contributed by atoms with Crippen molar-refractivity contribution >= 4 is 35.6 Å². The molecule has 3 rings (SSSR count). The maximum atomic E-state index is 12.8. The molecule has 5 nitrogen and oxygen atoms in total. The lowest BCUT2D eigenvalue weighted by Gasteiger charge is -2.22. The Morgan fingerprint density at radius 2 is 1.52 bits per heavy atom. The Kier molecular flexibility index (Phi) is 6.92. The van der Waals surface area contributed by atoms with E-state index in [4.69, 9.17) is 5.73 Å². The van der Waals surface area contributed by atoms with E-state index in [2.05, 4.69) is 10.6 Å². The largest absolute Gasteiger partial charge is 0.416 e. The molecule has 1 aliphatic rings. The first-order chi connectivity index (χ1) is 13.2. The summed E-state index contributed by atoms with van der Waals surface area (Å²) in [5.41, 5.74) is 5.01. The van der Waals surface area contributed by atoms with E-state index >= 15 is 0 Å². The Bertz CT molecular complexity index is 897. The van der Waals surface area contributed by atoms with Crippen molar-refractivity contribution in [2.24, 2.45) is 5.73 Å². The molecule has 1 fully saturated rings. The minimum Gasteiger partial charge on any atom is -0.324 e. The number of alkyl halides is 3. The molecule has 1 aliphatic carbocycles. The fourth-order valence-corrected chi connectivity index (χ4v) is 3.20. The van der Waals surface area contributed by atoms with Gasteiger partial charge >= 0.3 is 6.18 Å². The highest BCUT2D eigenvalue weighted by Crippen LogP contribution is 2.30. The van der Waals surface area contributed by atoms with Crippen LogP contribution < -0.4 is 16.4 Å². The third-order valence-corrected chi connectivity index (χ3v) is 4.78. The molecule has 0 atom stereocenters. The monoisotopic (exact) mass is 427 g/mol. The molecule has 2 aromatic carbocycles. The normalized spacial score (nSPS) is 15.3. The molecule has 2 aromatic rings. The van der Waals surface area contributed by atoms with Gasteiger partial charge in [0.05, 0.1) is 11.1 Å². The molecule has 2 amide bonds. The summed E-state index contributed by atoms with van der Waals surface area (Å²) < 4.78 is 38.4. The number of hydrogen-bond donors (Lipinski definition) is 3. The van der Waals surface area contributed by atoms with Gasteiger partial charge in [-0.2, -0.15) is 13.2 Å². The van der Waals surface area contributed by atoms with Gasteiger partial charge < -0.3 is 16.4 Å². The molecule has 29 heavy (non-hydrogen) atoms. The number of anilines is 2. The van der Waals surface area contributed by atoms with Crippen LogP contribution in [0.1, 0.15) is 41.6 Å². The third-order valence-electron chi connectivity index (χ3n) is 4.78. The molecule has 1 saturated carbocycles. The summed E-state index contributed by atoms with van der Waals surface area (Å²) in [7, 11) is 0. The number of nitrogens with one attached hydrogen (secondary N) is 2. The minimum atomic E-state index is -4.53. The zero-order valence-electron chi connectivity index (χ0n) is 15.4. The number of benzene rings is 2. The molecular weight excluding hydrogens is 407 g/mol. The van der Waals surface area contributed by atoms with E-state index in [-0.39, 0.29) is 23.9 Å². The first-order valence-electron chi connectivity index (χ1n) is 8.86. The first kappa shape index (κ1) is 22.7. The number of nitrogens with two attached hydrogens (primary N) is 1. The Hall–Kier alpha value is -2.58. The van der Waals surface area contributed by atoms with Gasteiger partial charge in [0.2, 0.25) is 5.91 Å². The van der Waals surface area contributed by atoms with Gasteiger partial charge in [-0.05, 0) is 49.2 Å². The fraction of sp³-hybridized carbons (Fsp3) is 0.300. The molecule has 9 heteroatoms. The van der Waals surface area contributed by atoms with Crippen LogP contribution in [-0.4, -0.2) is 17.4 Å². The van der Waals surface area contributed by atoms with Crippen LogP contribution in [0.4, 0.5) is 24.5 Å². The van der Waals surface area contributed by atoms with Crippen molar-refractivity contribution in [2.75, 3.05) is 10.6 Å². The SMILES string of the molecule is Cl.NC1(C(=O)Nc2cccc(NC(=O)c3cccc(C(F)(F)F)c3)c2)CCCC1. The standard InChI is InChI=1S/C20H20F3N3O2.ClH/c21-20(22,23)14-6-3-5-13(11-14)17(27)25-15-7-4-8-16(12-15)26-18(28)19(24)9-1-2-10-19;/h3-8,11-12H,1-2,9-10,24H2,(H,25,27)(H,26,28);1H. The van der Waals surface area contributed by atoms with Gasteiger partial charge in [-0.25, -0.2) is 0 Å². The molecule has 0 spiro atoms. The van der Waals surface area contributed by atoms with Crippen LogP contribution in [0, 0.1) is 0 Å². The van der Waals surface area contributed by atoms with Gasteiger partial charge in [-0.15, -0.1) is 12.4 Å². The fourth-order valence-electron chi connectivity index (χ4n) is 3.20. The van der Waals surface area contributed by atoms with E-state index < -0.39 is 23.2 Å². The number of halogens is 4. The molecule has 0 heterocycles. The average molecular weight is 428 g/mol. The predicted octanol–water partition coefficient (Wildman–Crippen LogP) is 4.59. The predicted molar refractivity (Wildman–Crippen MR) is 107 cm³/mol. The van der Waals surface area contributed by atoms with Gasteiger partial charge in [-0.1, -0.05) is 25.0 Å². The number of carbonyl (C=O) groups excluding carboxylic acids is 2. The summed E-state index contributed by atoms with van der Waals surface area (Å²) in [6.45, 7) is 0. The quantitative estimate of drug-likeness (QED) is 0.667. The maximum Gasteiger partial charge on any atom is 0.416 e. The van der Waals surface area contributed by atoms with Crippen molar-refractivity contribution in [1.29, 1.82) is 0 Å². The van der Waals surface area contributed by atoms with E-state index in [1.165, 1.54) is 18.2 Å². The van der Waals surface area contributed by atoms with Crippen molar-refractivity contribution in [3.05, 3.63) is 59.7 Å². The van der Waals surface area contributed by atoms with Crippen LogP contribution in [-0.2, 0) is 11.0 Å². The van der Waals surface area contributed by atoms with Crippen molar-refractivity contribution in [2.45, 2.75) is 37.4 Å². The number of carbonyl (C=O) groups is 2. The second kappa shape index (κ2) is 8.84. The van der Waals surface area contributed by atoms with E-state index in [9.17, 15) is 22.8 Å². The lowest BCUT2D eigenvalue weighted by molar-refractivity contribution is -0.137. The lowest BCUT2D eigenvalue weighted by atomic mass is 9.98. The molecule has 0 aromatic heterocycles. The van der Waals surface area contributed by atoms with Crippen LogP contribution in [0.3, 0.4) is 0 Å². The lowest BCUT2D eigenvalue weighted by Crippen LogP contribution is -2.48. The molecular formula is C20H21ClF3N3O2. The Balaban J connectivity index is 0.00000300. The van der Waals surface area contributed by atoms with Gasteiger partial charge in [0.25, 0.3) is 5.91 Å². The van der Waals surface area contributed by atoms with Gasteiger partial charge in [0.15, 0.2) is 0 Å². The topological polar surface area (TPSA) is 84.2 Å². The van der Waals surface area contributed by atoms with Crippen LogP contribution in [0.25, 0.3) is 0 Å². The van der Waals surface area contributed by atoms with E-state index in [1.54, 1.807) is 18.2 Å². The summed E-state index contributed by atoms with van der Waals surface area (Å²) >= 11 is 0. The summed E-state index contributed by atoms with van der Waals surface area (Å²) in [6, 6.07) is 10.5. The zero-order chi connectivity index (χ0) is 20.4. The molecule has 0 saturated heterocycles. The summed E-state index contributed by atoms with van der Waals surface area (Å²) in [5, 5.41) is 5.28. The minimum absolute atomic E-state index is 0. The second-order valence-corrected chi connectivity index (χ2v) is 6.93. The van der Waals surface area contributed by atoms with Crippen molar-refractivity contribution < 1.29 is 22.8 Å². The summed E-state index contributed by atoms with van der Waals surface area (Å²) in [4.78, 5) is 24.7. The molecule has 0 aliphatic heterocycles. The van der Waals surface area contributed by atoms with Gasteiger partial charge in [0.1, 0.15) is 0 Å². The van der Waals surface area contributed by atoms with E-state index in [0.29, 0.717) is 24.2 Å². The van der Waals surface area contributed by atoms with Crippen molar-refractivity contribution in [1.82, 2.24) is 0 Å². The average Bonchev–Trinajstić information content (AvgIpc) is 3.09. The number of hydrogen-bond acceptors (Lipinski definition) is 3. The Labute approximate surface area is 172 Å². The smallest absolute Gasteiger partial charge is 0.324 e. The molecule has 0 bridgehead atoms. The Morgan fingerprint density at radius 3 is 2.14 bits per heavy atom. The highest BCUT2D eigenvalue weighted by atomic mass is 35.5. The zero-order valence-corrected chi connectivity index (χ0v) is 16.2. The summed E-state index contributed by atoms with van der Waals surface area (Å²) in [6.07, 6.45) is -1.50. The third kappa shape index (κ3) is 5.48. The van der Waals surface area contributed by atoms with Gasteiger partial charge in [0, 0.05) is 16.9 Å². The number of rotatable bonds is 4. The molecule has 0 radical (unpaired) electrons. The van der Waals surface area contributed by atoms with Gasteiger partial charge in [-0.3, -0.25) is 9.59 Å². The van der Waals surface area contributed by atoms with Crippen LogP contribution in [0.5, 0.6) is 0 Å². The van der Waals surface area contributed by atoms with Crippen molar-refractivity contribution in [3.8, 4) is 0 Å². The van der Waals surface area contributed by atoms with Crippen molar-refractivity contribution in [3.63, 3.8) is 0 Å². The maximum absolute atomic E-state index is 12.8.